The second kappa shape index (κ2) is 5.22. The summed E-state index contributed by atoms with van der Waals surface area (Å²) in [6, 6.07) is 0. The van der Waals surface area contributed by atoms with Crippen LogP contribution in [0.3, 0.4) is 0 Å². The summed E-state index contributed by atoms with van der Waals surface area (Å²) in [5.74, 6) is -1.19. The average Bonchev–Trinajstić information content (AvgIpc) is 3.34. The van der Waals surface area contributed by atoms with Crippen LogP contribution in [-0.2, 0) is 33.3 Å². The van der Waals surface area contributed by atoms with Crippen molar-refractivity contribution in [2.45, 2.75) is 76.1 Å². The van der Waals surface area contributed by atoms with Gasteiger partial charge in [-0.25, -0.2) is 0 Å². The highest BCUT2D eigenvalue weighted by Crippen LogP contribution is 2.81. The lowest BCUT2D eigenvalue weighted by molar-refractivity contribution is -0.174. The molecule has 0 aromatic rings. The molecular weight excluding hydrogens is 388 g/mol. The lowest BCUT2D eigenvalue weighted by atomic mass is 9.56. The van der Waals surface area contributed by atoms with Gasteiger partial charge in [-0.05, 0) is 56.8 Å². The number of esters is 3. The number of methoxy groups -OCH3 is 1. The number of carbonyl (C=O) groups excluding carboxylic acids is 3. The molecule has 0 aromatic carbocycles. The van der Waals surface area contributed by atoms with Crippen molar-refractivity contribution in [1.82, 2.24) is 0 Å². The van der Waals surface area contributed by atoms with Crippen LogP contribution < -0.4 is 0 Å². The van der Waals surface area contributed by atoms with Gasteiger partial charge in [-0.2, -0.15) is 0 Å². The van der Waals surface area contributed by atoms with Crippen LogP contribution in [0.1, 0.15) is 59.3 Å². The van der Waals surface area contributed by atoms with E-state index in [0.29, 0.717) is 25.9 Å². The fourth-order valence-corrected chi connectivity index (χ4v) is 9.11. The first-order chi connectivity index (χ1) is 14.1. The molecule has 7 nitrogen and oxygen atoms in total. The van der Waals surface area contributed by atoms with E-state index in [1.54, 1.807) is 0 Å². The van der Waals surface area contributed by atoms with E-state index in [0.717, 1.165) is 19.3 Å². The fourth-order valence-electron chi connectivity index (χ4n) is 9.11. The summed E-state index contributed by atoms with van der Waals surface area (Å²) in [5, 5.41) is 0. The van der Waals surface area contributed by atoms with Crippen LogP contribution in [0.4, 0.5) is 0 Å². The van der Waals surface area contributed by atoms with E-state index in [1.165, 1.54) is 14.0 Å². The molecule has 2 unspecified atom stereocenters. The van der Waals surface area contributed by atoms with Gasteiger partial charge in [-0.1, -0.05) is 6.92 Å². The molecule has 2 aliphatic heterocycles. The molecule has 0 N–H and O–H groups in total. The van der Waals surface area contributed by atoms with Crippen molar-refractivity contribution < 1.29 is 33.3 Å². The van der Waals surface area contributed by atoms with Crippen LogP contribution in [0, 0.1) is 34.5 Å². The molecule has 4 aliphatic carbocycles. The molecule has 0 amide bonds. The van der Waals surface area contributed by atoms with E-state index in [4.69, 9.17) is 18.9 Å². The number of rotatable bonds is 2. The summed E-state index contributed by atoms with van der Waals surface area (Å²) >= 11 is 0. The minimum atomic E-state index is -0.701. The largest absolute Gasteiger partial charge is 0.469 e. The highest BCUT2D eigenvalue weighted by atomic mass is 16.6. The third-order valence-corrected chi connectivity index (χ3v) is 10.3. The standard InChI is InChI=1S/C23H30O7/c1-12-5-8-23-14-6-7-21(29-13(2)24)9-20(14,10-22(21)11-28-22)15(17(25)27-4)16(23)19(12,3)18(26)30-23/h12,14-16H,5-11H2,1-4H3/t12-,14?,15-,16?,19+,20-,21+,22+,23-/m1/s1. The van der Waals surface area contributed by atoms with Crippen molar-refractivity contribution in [3.05, 3.63) is 0 Å². The zero-order valence-corrected chi connectivity index (χ0v) is 18.1. The van der Waals surface area contributed by atoms with Gasteiger partial charge in [0.05, 0.1) is 25.0 Å². The van der Waals surface area contributed by atoms with Gasteiger partial charge in [0.2, 0.25) is 0 Å². The SMILES string of the molecule is COC(=O)[C@H]1C2[C@@]3(CC[C@@H](C)[C@]2(C)C(=O)O3)C2CC[C@]3(OC(C)=O)C[C@@]21C[C@]31CO1. The fraction of sp³-hybridized carbons (Fsp3) is 0.870. The minimum absolute atomic E-state index is 0.0598. The highest BCUT2D eigenvalue weighted by molar-refractivity contribution is 5.85. The molecule has 0 radical (unpaired) electrons. The topological polar surface area (TPSA) is 91.4 Å². The maximum absolute atomic E-state index is 13.4. The summed E-state index contributed by atoms with van der Waals surface area (Å²) in [4.78, 5) is 38.7. The predicted octanol–water partition coefficient (Wildman–Crippen LogP) is 2.40. The van der Waals surface area contributed by atoms with Crippen LogP contribution in [0.15, 0.2) is 0 Å². The molecule has 4 saturated carbocycles. The van der Waals surface area contributed by atoms with Crippen LogP contribution in [0.25, 0.3) is 0 Å². The number of ether oxygens (including phenoxy) is 4. The zero-order chi connectivity index (χ0) is 21.3. The average molecular weight is 418 g/mol. The van der Waals surface area contributed by atoms with Gasteiger partial charge in [-0.3, -0.25) is 14.4 Å². The number of carbonyl (C=O) groups is 3. The van der Waals surface area contributed by atoms with Crippen molar-refractivity contribution in [3.63, 3.8) is 0 Å². The molecule has 2 saturated heterocycles. The first-order valence-corrected chi connectivity index (χ1v) is 11.3. The van der Waals surface area contributed by atoms with E-state index in [2.05, 4.69) is 6.92 Å². The Morgan fingerprint density at radius 2 is 1.90 bits per heavy atom. The Hall–Kier alpha value is -1.63. The van der Waals surface area contributed by atoms with E-state index >= 15 is 0 Å². The van der Waals surface area contributed by atoms with E-state index in [-0.39, 0.29) is 35.7 Å². The Labute approximate surface area is 176 Å². The van der Waals surface area contributed by atoms with Gasteiger partial charge < -0.3 is 18.9 Å². The molecule has 2 heterocycles. The molecule has 6 aliphatic rings. The number of hydrogen-bond donors (Lipinski definition) is 0. The molecule has 6 fully saturated rings. The Morgan fingerprint density at radius 1 is 1.17 bits per heavy atom. The van der Waals surface area contributed by atoms with Gasteiger partial charge in [0.15, 0.2) is 0 Å². The molecule has 6 rings (SSSR count). The summed E-state index contributed by atoms with van der Waals surface area (Å²) in [7, 11) is 1.43. The van der Waals surface area contributed by atoms with Crippen LogP contribution in [0.2, 0.25) is 0 Å². The number of epoxide rings is 1. The Balaban J connectivity index is 1.55. The van der Waals surface area contributed by atoms with E-state index < -0.39 is 33.6 Å². The van der Waals surface area contributed by atoms with Crippen molar-refractivity contribution >= 4 is 17.9 Å². The normalized spacial score (nSPS) is 56.9. The molecular formula is C23H30O7. The third kappa shape index (κ3) is 1.75. The van der Waals surface area contributed by atoms with Gasteiger partial charge in [-0.15, -0.1) is 0 Å². The molecule has 2 spiro atoms. The van der Waals surface area contributed by atoms with Crippen molar-refractivity contribution in [2.24, 2.45) is 34.5 Å². The first kappa shape index (κ1) is 19.1. The van der Waals surface area contributed by atoms with E-state index in [9.17, 15) is 14.4 Å². The lowest BCUT2D eigenvalue weighted by Gasteiger charge is -2.46. The first-order valence-electron chi connectivity index (χ1n) is 11.3. The quantitative estimate of drug-likeness (QED) is 0.386. The lowest BCUT2D eigenvalue weighted by Crippen LogP contribution is -2.51. The predicted molar refractivity (Wildman–Crippen MR) is 102 cm³/mol. The maximum Gasteiger partial charge on any atom is 0.313 e. The minimum Gasteiger partial charge on any atom is -0.469 e. The molecule has 7 heteroatoms. The Bertz CT molecular complexity index is 879. The highest BCUT2D eigenvalue weighted by Gasteiger charge is 2.88. The van der Waals surface area contributed by atoms with Crippen LogP contribution in [0.5, 0.6) is 0 Å². The molecule has 4 bridgehead atoms. The van der Waals surface area contributed by atoms with Gasteiger partial charge in [0.25, 0.3) is 0 Å². The second-order valence-electron chi connectivity index (χ2n) is 11.1. The molecule has 30 heavy (non-hydrogen) atoms. The summed E-state index contributed by atoms with van der Waals surface area (Å²) in [5.41, 5.74) is -2.97. The van der Waals surface area contributed by atoms with Gasteiger partial charge in [0, 0.05) is 18.8 Å². The summed E-state index contributed by atoms with van der Waals surface area (Å²) in [6.45, 7) is 6.09. The zero-order valence-electron chi connectivity index (χ0n) is 18.1. The van der Waals surface area contributed by atoms with Gasteiger partial charge >= 0.3 is 17.9 Å². The molecule has 164 valence electrons. The summed E-state index contributed by atoms with van der Waals surface area (Å²) in [6.07, 6.45) is 4.40. The van der Waals surface area contributed by atoms with Gasteiger partial charge in [0.1, 0.15) is 16.8 Å². The number of fused-ring (bicyclic) bond motifs is 2. The third-order valence-electron chi connectivity index (χ3n) is 10.3. The monoisotopic (exact) mass is 418 g/mol. The van der Waals surface area contributed by atoms with Crippen molar-refractivity contribution in [2.75, 3.05) is 13.7 Å². The van der Waals surface area contributed by atoms with Crippen LogP contribution >= 0.6 is 0 Å². The van der Waals surface area contributed by atoms with Crippen LogP contribution in [-0.4, -0.2) is 48.4 Å². The van der Waals surface area contributed by atoms with E-state index in [1.807, 2.05) is 6.92 Å². The second-order valence-corrected chi connectivity index (χ2v) is 11.1. The number of hydrogen-bond acceptors (Lipinski definition) is 7. The smallest absolute Gasteiger partial charge is 0.313 e. The van der Waals surface area contributed by atoms with Crippen molar-refractivity contribution in [3.8, 4) is 0 Å². The molecule has 0 aromatic heterocycles. The Morgan fingerprint density at radius 3 is 2.53 bits per heavy atom. The molecule has 9 atom stereocenters. The van der Waals surface area contributed by atoms with Crippen molar-refractivity contribution in [1.29, 1.82) is 0 Å². The maximum atomic E-state index is 13.4. The summed E-state index contributed by atoms with van der Waals surface area (Å²) < 4.78 is 23.7. The Kier molecular flexibility index (Phi) is 3.32.